The molecule has 4 N–H and O–H groups in total. The van der Waals surface area contributed by atoms with Crippen LogP contribution in [0.4, 0.5) is 5.69 Å². The maximum Gasteiger partial charge on any atom is 0.275 e. The highest BCUT2D eigenvalue weighted by Crippen LogP contribution is 2.32. The normalized spacial score (nSPS) is 13.0. The molecule has 0 atom stereocenters. The van der Waals surface area contributed by atoms with Crippen molar-refractivity contribution in [2.75, 3.05) is 18.5 Å². The number of rotatable bonds is 5. The summed E-state index contributed by atoms with van der Waals surface area (Å²) in [6.07, 6.45) is -0.0454. The number of nitrogens with zero attached hydrogens (tertiary/aromatic N) is 1. The van der Waals surface area contributed by atoms with Gasteiger partial charge < -0.3 is 25.0 Å². The topological polar surface area (TPSA) is 129 Å². The molecule has 0 saturated heterocycles. The number of phenolic OH excluding ortho intramolecular Hbond substituents is 2. The summed E-state index contributed by atoms with van der Waals surface area (Å²) in [5, 5.41) is 25.5. The lowest BCUT2D eigenvalue weighted by atomic mass is 10.2. The van der Waals surface area contributed by atoms with Gasteiger partial charge in [-0.2, -0.15) is 5.10 Å². The number of carbonyl (C=O) groups is 2. The molecule has 3 rings (SSSR count). The van der Waals surface area contributed by atoms with Crippen LogP contribution < -0.4 is 20.2 Å². The van der Waals surface area contributed by atoms with Crippen LogP contribution in [0.5, 0.6) is 23.0 Å². The van der Waals surface area contributed by atoms with Gasteiger partial charge in [-0.15, -0.1) is 0 Å². The molecule has 2 aromatic carbocycles. The lowest BCUT2D eigenvalue weighted by Crippen LogP contribution is -2.21. The number of anilines is 1. The van der Waals surface area contributed by atoms with Crippen molar-refractivity contribution in [3.63, 3.8) is 0 Å². The number of nitrogens with one attached hydrogen (secondary N) is 2. The predicted octanol–water partition coefficient (Wildman–Crippen LogP) is 2.00. The van der Waals surface area contributed by atoms with Crippen molar-refractivity contribution in [3.05, 3.63) is 42.0 Å². The van der Waals surface area contributed by atoms with Gasteiger partial charge in [0.15, 0.2) is 11.5 Å². The van der Waals surface area contributed by atoms with E-state index in [9.17, 15) is 19.8 Å². The van der Waals surface area contributed by atoms with Crippen molar-refractivity contribution >= 4 is 23.2 Å². The molecule has 0 fully saturated rings. The van der Waals surface area contributed by atoms with E-state index in [0.717, 1.165) is 6.07 Å². The van der Waals surface area contributed by atoms with Gasteiger partial charge in [0.2, 0.25) is 5.91 Å². The zero-order valence-corrected chi connectivity index (χ0v) is 15.1. The van der Waals surface area contributed by atoms with Crippen LogP contribution in [0.25, 0.3) is 0 Å². The molecule has 1 heterocycles. The molecule has 0 unspecified atom stereocenters. The maximum absolute atomic E-state index is 12.2. The highest BCUT2D eigenvalue weighted by molar-refractivity contribution is 6.06. The van der Waals surface area contributed by atoms with E-state index in [1.165, 1.54) is 12.1 Å². The Morgan fingerprint density at radius 1 is 1.07 bits per heavy atom. The van der Waals surface area contributed by atoms with Gasteiger partial charge >= 0.3 is 0 Å². The predicted molar refractivity (Wildman–Crippen MR) is 101 cm³/mol. The quantitative estimate of drug-likeness (QED) is 0.460. The van der Waals surface area contributed by atoms with Crippen molar-refractivity contribution in [2.24, 2.45) is 5.10 Å². The lowest BCUT2D eigenvalue weighted by Gasteiger charge is -2.19. The van der Waals surface area contributed by atoms with E-state index in [0.29, 0.717) is 36.1 Å². The van der Waals surface area contributed by atoms with Crippen LogP contribution in [-0.2, 0) is 4.79 Å². The number of aromatic hydroxyl groups is 2. The number of fused-ring (bicyclic) bond motifs is 1. The van der Waals surface area contributed by atoms with Crippen LogP contribution in [0.15, 0.2) is 41.5 Å². The van der Waals surface area contributed by atoms with Crippen LogP contribution in [0.2, 0.25) is 0 Å². The zero-order chi connectivity index (χ0) is 20.1. The van der Waals surface area contributed by atoms with Crippen LogP contribution in [-0.4, -0.2) is 41.0 Å². The third kappa shape index (κ3) is 4.70. The summed E-state index contributed by atoms with van der Waals surface area (Å²) in [6.45, 7) is 2.52. The van der Waals surface area contributed by atoms with Gasteiger partial charge in [0, 0.05) is 23.5 Å². The Hall–Kier alpha value is -3.75. The Kier molecular flexibility index (Phi) is 5.64. The zero-order valence-electron chi connectivity index (χ0n) is 15.1. The fourth-order valence-electron chi connectivity index (χ4n) is 2.52. The minimum atomic E-state index is -0.663. The van der Waals surface area contributed by atoms with Gasteiger partial charge in [-0.25, -0.2) is 5.43 Å². The number of ether oxygens (including phenoxy) is 2. The van der Waals surface area contributed by atoms with Gasteiger partial charge in [0.05, 0.1) is 12.0 Å². The Morgan fingerprint density at radius 3 is 2.57 bits per heavy atom. The summed E-state index contributed by atoms with van der Waals surface area (Å²) < 4.78 is 10.9. The third-order valence-electron chi connectivity index (χ3n) is 3.82. The first kappa shape index (κ1) is 19.0. The van der Waals surface area contributed by atoms with Crippen molar-refractivity contribution in [1.29, 1.82) is 0 Å². The third-order valence-corrected chi connectivity index (χ3v) is 3.82. The van der Waals surface area contributed by atoms with Gasteiger partial charge in [0.25, 0.3) is 5.91 Å². The summed E-state index contributed by atoms with van der Waals surface area (Å²) in [5.41, 5.74) is 3.13. The Bertz CT molecular complexity index is 941. The largest absolute Gasteiger partial charge is 0.508 e. The molecule has 1 aliphatic heterocycles. The fraction of sp³-hybridized carbons (Fsp3) is 0.211. The Balaban J connectivity index is 1.55. The van der Waals surface area contributed by atoms with Gasteiger partial charge in [-0.1, -0.05) is 0 Å². The SMILES string of the molecule is C/C(CC(=O)Nc1ccc2c(c1)OCCO2)=N/NC(=O)c1ccc(O)cc1O. The first-order chi connectivity index (χ1) is 13.4. The molecule has 9 nitrogen and oxygen atoms in total. The van der Waals surface area contributed by atoms with Crippen LogP contribution >= 0.6 is 0 Å². The van der Waals surface area contributed by atoms with Crippen LogP contribution in [0.1, 0.15) is 23.7 Å². The standard InChI is InChI=1S/C19H19N3O6/c1-11(21-22-19(26)14-4-3-13(23)10-15(14)24)8-18(25)20-12-2-5-16-17(9-12)28-7-6-27-16/h2-5,9-10,23-24H,6-8H2,1H3,(H,20,25)(H,22,26)/b21-11-. The van der Waals surface area contributed by atoms with E-state index in [-0.39, 0.29) is 29.4 Å². The second kappa shape index (κ2) is 8.30. The highest BCUT2D eigenvalue weighted by Gasteiger charge is 2.14. The summed E-state index contributed by atoms with van der Waals surface area (Å²) in [4.78, 5) is 24.2. The molecule has 9 heteroatoms. The molecule has 2 aromatic rings. The van der Waals surface area contributed by atoms with E-state index < -0.39 is 5.91 Å². The first-order valence-corrected chi connectivity index (χ1v) is 8.47. The Labute approximate surface area is 160 Å². The van der Waals surface area contributed by atoms with E-state index in [1.807, 2.05) is 0 Å². The van der Waals surface area contributed by atoms with Crippen molar-refractivity contribution in [1.82, 2.24) is 5.43 Å². The minimum Gasteiger partial charge on any atom is -0.508 e. The van der Waals surface area contributed by atoms with Gasteiger partial charge in [-0.05, 0) is 31.2 Å². The van der Waals surface area contributed by atoms with Crippen molar-refractivity contribution in [3.8, 4) is 23.0 Å². The number of hydrogen-bond acceptors (Lipinski definition) is 7. The number of amides is 2. The molecule has 0 radical (unpaired) electrons. The number of hydrazone groups is 1. The highest BCUT2D eigenvalue weighted by atomic mass is 16.6. The molecular weight excluding hydrogens is 366 g/mol. The summed E-state index contributed by atoms with van der Waals surface area (Å²) >= 11 is 0. The summed E-state index contributed by atoms with van der Waals surface area (Å²) in [5.74, 6) is -0.326. The molecule has 1 aliphatic rings. The molecule has 0 spiro atoms. The monoisotopic (exact) mass is 385 g/mol. The van der Waals surface area contributed by atoms with E-state index in [1.54, 1.807) is 25.1 Å². The summed E-state index contributed by atoms with van der Waals surface area (Å²) in [7, 11) is 0. The molecule has 146 valence electrons. The number of carbonyl (C=O) groups excluding carboxylic acids is 2. The Morgan fingerprint density at radius 2 is 1.82 bits per heavy atom. The van der Waals surface area contributed by atoms with Crippen LogP contribution in [0.3, 0.4) is 0 Å². The van der Waals surface area contributed by atoms with Gasteiger partial charge in [0.1, 0.15) is 24.7 Å². The molecule has 0 aliphatic carbocycles. The van der Waals surface area contributed by atoms with E-state index in [4.69, 9.17) is 9.47 Å². The lowest BCUT2D eigenvalue weighted by molar-refractivity contribution is -0.115. The van der Waals surface area contributed by atoms with Crippen LogP contribution in [0, 0.1) is 0 Å². The number of benzene rings is 2. The second-order valence-electron chi connectivity index (χ2n) is 6.07. The minimum absolute atomic E-state index is 0.0454. The fourth-order valence-corrected chi connectivity index (χ4v) is 2.52. The average Bonchev–Trinajstić information content (AvgIpc) is 2.66. The molecule has 0 aromatic heterocycles. The molecule has 2 amide bonds. The smallest absolute Gasteiger partial charge is 0.275 e. The maximum atomic E-state index is 12.2. The average molecular weight is 385 g/mol. The molecule has 0 bridgehead atoms. The van der Waals surface area contributed by atoms with Crippen molar-refractivity contribution in [2.45, 2.75) is 13.3 Å². The molecule has 28 heavy (non-hydrogen) atoms. The number of hydrogen-bond donors (Lipinski definition) is 4. The van der Waals surface area contributed by atoms with Crippen molar-refractivity contribution < 1.29 is 29.3 Å². The number of phenols is 2. The molecular formula is C19H19N3O6. The second-order valence-corrected chi connectivity index (χ2v) is 6.07. The summed E-state index contributed by atoms with van der Waals surface area (Å²) in [6, 6.07) is 8.68. The molecule has 0 saturated carbocycles. The first-order valence-electron chi connectivity index (χ1n) is 8.47. The van der Waals surface area contributed by atoms with Gasteiger partial charge in [-0.3, -0.25) is 9.59 Å². The van der Waals surface area contributed by atoms with E-state index >= 15 is 0 Å². The van der Waals surface area contributed by atoms with E-state index in [2.05, 4.69) is 15.8 Å².